The van der Waals surface area contributed by atoms with E-state index in [-0.39, 0.29) is 5.91 Å². The summed E-state index contributed by atoms with van der Waals surface area (Å²) in [6.07, 6.45) is 5.53. The van der Waals surface area contributed by atoms with Crippen molar-refractivity contribution in [2.24, 2.45) is 0 Å². The van der Waals surface area contributed by atoms with Crippen LogP contribution in [0.5, 0.6) is 0 Å². The van der Waals surface area contributed by atoms with Crippen molar-refractivity contribution >= 4 is 11.7 Å². The highest BCUT2D eigenvalue weighted by molar-refractivity contribution is 5.93. The number of benzene rings is 1. The van der Waals surface area contributed by atoms with Gasteiger partial charge >= 0.3 is 0 Å². The standard InChI is InChI=1S/C21H23N5O/c1-2-3-11-23-19-14-18(21(27)24-15-16-9-12-22-13-10-16)25-20(26-19)17-7-5-4-6-8-17/h4-10,12-14H,2-3,11,15H2,1H3,(H,24,27)(H,23,25,26). The predicted octanol–water partition coefficient (Wildman–Crippen LogP) is 3.68. The van der Waals surface area contributed by atoms with Gasteiger partial charge in [0.1, 0.15) is 11.5 Å². The first kappa shape index (κ1) is 18.5. The Bertz CT molecular complexity index is 868. The molecular formula is C21H23N5O. The van der Waals surface area contributed by atoms with Gasteiger partial charge in [0.05, 0.1) is 0 Å². The molecule has 0 unspecified atom stereocenters. The average molecular weight is 361 g/mol. The van der Waals surface area contributed by atoms with Crippen molar-refractivity contribution in [3.63, 3.8) is 0 Å². The maximum Gasteiger partial charge on any atom is 0.270 e. The molecule has 0 bridgehead atoms. The number of carbonyl (C=O) groups excluding carboxylic acids is 1. The van der Waals surface area contributed by atoms with E-state index in [2.05, 4.69) is 32.5 Å². The second-order valence-corrected chi connectivity index (χ2v) is 6.15. The van der Waals surface area contributed by atoms with Crippen LogP contribution in [0.1, 0.15) is 35.8 Å². The van der Waals surface area contributed by atoms with Crippen molar-refractivity contribution in [3.8, 4) is 11.4 Å². The van der Waals surface area contributed by atoms with Crippen LogP contribution in [-0.4, -0.2) is 27.4 Å². The van der Waals surface area contributed by atoms with Crippen LogP contribution in [0, 0.1) is 0 Å². The summed E-state index contributed by atoms with van der Waals surface area (Å²) < 4.78 is 0. The number of hydrogen-bond acceptors (Lipinski definition) is 5. The molecule has 3 aromatic rings. The summed E-state index contributed by atoms with van der Waals surface area (Å²) in [5.41, 5.74) is 2.20. The summed E-state index contributed by atoms with van der Waals surface area (Å²) in [6.45, 7) is 3.36. The van der Waals surface area contributed by atoms with Gasteiger partial charge in [0.15, 0.2) is 5.82 Å². The van der Waals surface area contributed by atoms with Gasteiger partial charge in [-0.05, 0) is 24.1 Å². The molecule has 0 spiro atoms. The maximum atomic E-state index is 12.6. The van der Waals surface area contributed by atoms with E-state index in [0.717, 1.165) is 30.5 Å². The Balaban J connectivity index is 1.81. The minimum atomic E-state index is -0.232. The highest BCUT2D eigenvalue weighted by atomic mass is 16.1. The van der Waals surface area contributed by atoms with Crippen LogP contribution in [0.15, 0.2) is 60.9 Å². The predicted molar refractivity (Wildman–Crippen MR) is 106 cm³/mol. The number of nitrogens with zero attached hydrogens (tertiary/aromatic N) is 3. The molecule has 0 saturated carbocycles. The monoisotopic (exact) mass is 361 g/mol. The molecular weight excluding hydrogens is 338 g/mol. The zero-order chi connectivity index (χ0) is 18.9. The topological polar surface area (TPSA) is 79.8 Å². The molecule has 0 aliphatic rings. The quantitative estimate of drug-likeness (QED) is 0.598. The number of pyridine rings is 1. The van der Waals surface area contributed by atoms with Crippen molar-refractivity contribution in [2.75, 3.05) is 11.9 Å². The van der Waals surface area contributed by atoms with Crippen LogP contribution < -0.4 is 10.6 Å². The van der Waals surface area contributed by atoms with Gasteiger partial charge < -0.3 is 10.6 Å². The van der Waals surface area contributed by atoms with E-state index in [9.17, 15) is 4.79 Å². The fourth-order valence-corrected chi connectivity index (χ4v) is 2.54. The van der Waals surface area contributed by atoms with Crippen molar-refractivity contribution in [2.45, 2.75) is 26.3 Å². The third-order valence-corrected chi connectivity index (χ3v) is 4.03. The van der Waals surface area contributed by atoms with Gasteiger partial charge in [0.2, 0.25) is 0 Å². The summed E-state index contributed by atoms with van der Waals surface area (Å²) in [7, 11) is 0. The summed E-state index contributed by atoms with van der Waals surface area (Å²) in [5, 5.41) is 6.19. The molecule has 138 valence electrons. The maximum absolute atomic E-state index is 12.6. The molecule has 6 nitrogen and oxygen atoms in total. The Morgan fingerprint density at radius 1 is 1.04 bits per heavy atom. The Labute approximate surface area is 159 Å². The Morgan fingerprint density at radius 2 is 1.81 bits per heavy atom. The zero-order valence-electron chi connectivity index (χ0n) is 15.4. The molecule has 0 fully saturated rings. The lowest BCUT2D eigenvalue weighted by atomic mass is 10.2. The SMILES string of the molecule is CCCCNc1cc(C(=O)NCc2ccncc2)nc(-c2ccccc2)n1. The summed E-state index contributed by atoms with van der Waals surface area (Å²) in [4.78, 5) is 25.7. The molecule has 0 aliphatic carbocycles. The Morgan fingerprint density at radius 3 is 2.56 bits per heavy atom. The van der Waals surface area contributed by atoms with E-state index >= 15 is 0 Å². The normalized spacial score (nSPS) is 10.4. The Kier molecular flexibility index (Phi) is 6.46. The van der Waals surface area contributed by atoms with Crippen LogP contribution in [0.25, 0.3) is 11.4 Å². The molecule has 0 radical (unpaired) electrons. The Hall–Kier alpha value is -3.28. The minimum absolute atomic E-state index is 0.232. The fraction of sp³-hybridized carbons (Fsp3) is 0.238. The lowest BCUT2D eigenvalue weighted by molar-refractivity contribution is 0.0946. The second kappa shape index (κ2) is 9.43. The van der Waals surface area contributed by atoms with E-state index in [1.54, 1.807) is 18.5 Å². The molecule has 27 heavy (non-hydrogen) atoms. The van der Waals surface area contributed by atoms with Crippen molar-refractivity contribution in [1.82, 2.24) is 20.3 Å². The van der Waals surface area contributed by atoms with E-state index in [1.165, 1.54) is 0 Å². The smallest absolute Gasteiger partial charge is 0.270 e. The highest BCUT2D eigenvalue weighted by Gasteiger charge is 2.13. The number of aromatic nitrogens is 3. The zero-order valence-corrected chi connectivity index (χ0v) is 15.4. The number of rotatable bonds is 8. The van der Waals surface area contributed by atoms with Crippen molar-refractivity contribution in [3.05, 3.63) is 72.2 Å². The number of hydrogen-bond donors (Lipinski definition) is 2. The van der Waals surface area contributed by atoms with E-state index < -0.39 is 0 Å². The highest BCUT2D eigenvalue weighted by Crippen LogP contribution is 2.18. The third-order valence-electron chi connectivity index (χ3n) is 4.03. The summed E-state index contributed by atoms with van der Waals surface area (Å²) in [5.74, 6) is 0.961. The van der Waals surface area contributed by atoms with Crippen LogP contribution in [0.3, 0.4) is 0 Å². The molecule has 1 aromatic carbocycles. The molecule has 1 amide bonds. The van der Waals surface area contributed by atoms with Gasteiger partial charge in [-0.2, -0.15) is 0 Å². The van der Waals surface area contributed by atoms with Gasteiger partial charge in [-0.15, -0.1) is 0 Å². The first-order valence-corrected chi connectivity index (χ1v) is 9.11. The molecule has 0 saturated heterocycles. The van der Waals surface area contributed by atoms with Gasteiger partial charge in [0.25, 0.3) is 5.91 Å². The lowest BCUT2D eigenvalue weighted by Gasteiger charge is -2.10. The van der Waals surface area contributed by atoms with E-state index in [4.69, 9.17) is 0 Å². The first-order chi connectivity index (χ1) is 13.3. The number of carbonyl (C=O) groups is 1. The molecule has 2 N–H and O–H groups in total. The fourth-order valence-electron chi connectivity index (χ4n) is 2.54. The van der Waals surface area contributed by atoms with Gasteiger partial charge in [-0.3, -0.25) is 9.78 Å². The molecule has 0 aliphatic heterocycles. The first-order valence-electron chi connectivity index (χ1n) is 9.11. The van der Waals surface area contributed by atoms with Crippen LogP contribution in [0.2, 0.25) is 0 Å². The molecule has 6 heteroatoms. The van der Waals surface area contributed by atoms with Gasteiger partial charge in [-0.25, -0.2) is 9.97 Å². The van der Waals surface area contributed by atoms with E-state index in [0.29, 0.717) is 23.9 Å². The summed E-state index contributed by atoms with van der Waals surface area (Å²) >= 11 is 0. The lowest BCUT2D eigenvalue weighted by Crippen LogP contribution is -2.24. The van der Waals surface area contributed by atoms with Gasteiger partial charge in [0, 0.05) is 37.1 Å². The van der Waals surface area contributed by atoms with Crippen LogP contribution >= 0.6 is 0 Å². The van der Waals surface area contributed by atoms with Crippen LogP contribution in [0.4, 0.5) is 5.82 Å². The molecule has 0 atom stereocenters. The number of unbranched alkanes of at least 4 members (excludes halogenated alkanes) is 1. The average Bonchev–Trinajstić information content (AvgIpc) is 2.73. The van der Waals surface area contributed by atoms with Crippen molar-refractivity contribution in [1.29, 1.82) is 0 Å². The van der Waals surface area contributed by atoms with Gasteiger partial charge in [-0.1, -0.05) is 43.7 Å². The largest absolute Gasteiger partial charge is 0.370 e. The molecule has 2 aromatic heterocycles. The number of amides is 1. The molecule has 2 heterocycles. The molecule has 3 rings (SSSR count). The third kappa shape index (κ3) is 5.34. The summed E-state index contributed by atoms with van der Waals surface area (Å²) in [6, 6.07) is 15.1. The van der Waals surface area contributed by atoms with Crippen LogP contribution in [-0.2, 0) is 6.54 Å². The second-order valence-electron chi connectivity index (χ2n) is 6.15. The number of nitrogens with one attached hydrogen (secondary N) is 2. The van der Waals surface area contributed by atoms with Crippen molar-refractivity contribution < 1.29 is 4.79 Å². The van der Waals surface area contributed by atoms with E-state index in [1.807, 2.05) is 42.5 Å². The number of anilines is 1. The minimum Gasteiger partial charge on any atom is -0.370 e.